The van der Waals surface area contributed by atoms with E-state index < -0.39 is 5.97 Å². The summed E-state index contributed by atoms with van der Waals surface area (Å²) in [5.74, 6) is -0.624. The Balaban J connectivity index is 1.38. The molecule has 0 radical (unpaired) electrons. The first-order valence-electron chi connectivity index (χ1n) is 9.75. The van der Waals surface area contributed by atoms with Crippen LogP contribution in [-0.2, 0) is 9.53 Å². The summed E-state index contributed by atoms with van der Waals surface area (Å²) in [7, 11) is 0. The van der Waals surface area contributed by atoms with Crippen molar-refractivity contribution in [2.24, 2.45) is 0 Å². The van der Waals surface area contributed by atoms with Crippen molar-refractivity contribution >= 4 is 23.3 Å². The van der Waals surface area contributed by atoms with Crippen molar-refractivity contribution in [1.82, 2.24) is 4.57 Å². The molecule has 1 aliphatic carbocycles. The zero-order valence-electron chi connectivity index (χ0n) is 16.2. The van der Waals surface area contributed by atoms with Crippen molar-refractivity contribution in [2.45, 2.75) is 45.6 Å². The molecule has 2 aliphatic rings. The summed E-state index contributed by atoms with van der Waals surface area (Å²) < 4.78 is 7.43. The molecule has 28 heavy (non-hydrogen) atoms. The highest BCUT2D eigenvalue weighted by Crippen LogP contribution is 2.38. The average Bonchev–Trinajstić information content (AvgIpc) is 3.35. The first-order chi connectivity index (χ1) is 13.5. The van der Waals surface area contributed by atoms with Crippen LogP contribution in [0.3, 0.4) is 0 Å². The second kappa shape index (κ2) is 7.26. The average molecular weight is 380 g/mol. The predicted molar refractivity (Wildman–Crippen MR) is 105 cm³/mol. The SMILES string of the molecule is Cc1cc(C(=O)COC(=O)c2ccc(N3CCCC3=O)cc2)c(C)n1C1CC1. The summed E-state index contributed by atoms with van der Waals surface area (Å²) in [6.07, 6.45) is 3.72. The van der Waals surface area contributed by atoms with E-state index in [2.05, 4.69) is 4.57 Å². The normalized spacial score (nSPS) is 16.5. The highest BCUT2D eigenvalue weighted by molar-refractivity contribution is 6.01. The quantitative estimate of drug-likeness (QED) is 0.567. The number of esters is 1. The zero-order chi connectivity index (χ0) is 19.8. The third-order valence-corrected chi connectivity index (χ3v) is 5.52. The minimum Gasteiger partial charge on any atom is -0.454 e. The minimum atomic E-state index is -0.538. The van der Waals surface area contributed by atoms with Crippen molar-refractivity contribution < 1.29 is 19.1 Å². The van der Waals surface area contributed by atoms with E-state index in [0.717, 1.165) is 36.3 Å². The number of aryl methyl sites for hydroxylation is 1. The molecular formula is C22H24N2O4. The highest BCUT2D eigenvalue weighted by atomic mass is 16.5. The van der Waals surface area contributed by atoms with Crippen LogP contribution in [0.15, 0.2) is 30.3 Å². The molecule has 6 nitrogen and oxygen atoms in total. The van der Waals surface area contributed by atoms with Gasteiger partial charge in [-0.2, -0.15) is 0 Å². The summed E-state index contributed by atoms with van der Waals surface area (Å²) in [6.45, 7) is 4.37. The van der Waals surface area contributed by atoms with Gasteiger partial charge in [-0.3, -0.25) is 9.59 Å². The van der Waals surface area contributed by atoms with E-state index in [0.29, 0.717) is 30.1 Å². The molecule has 0 N–H and O–H groups in total. The van der Waals surface area contributed by atoms with Crippen molar-refractivity contribution in [2.75, 3.05) is 18.1 Å². The Labute approximate surface area is 164 Å². The van der Waals surface area contributed by atoms with E-state index in [9.17, 15) is 14.4 Å². The van der Waals surface area contributed by atoms with E-state index in [1.54, 1.807) is 29.2 Å². The van der Waals surface area contributed by atoms with Gasteiger partial charge >= 0.3 is 5.97 Å². The summed E-state index contributed by atoms with van der Waals surface area (Å²) >= 11 is 0. The zero-order valence-corrected chi connectivity index (χ0v) is 16.2. The number of Topliss-reactive ketones (excluding diaryl/α,β-unsaturated/α-hetero) is 1. The number of hydrogen-bond acceptors (Lipinski definition) is 4. The Bertz CT molecular complexity index is 938. The molecule has 2 heterocycles. The number of carbonyl (C=O) groups is 3. The number of benzene rings is 1. The van der Waals surface area contributed by atoms with Crippen LogP contribution < -0.4 is 4.90 Å². The van der Waals surface area contributed by atoms with Crippen LogP contribution >= 0.6 is 0 Å². The molecule has 1 amide bonds. The van der Waals surface area contributed by atoms with Crippen LogP contribution in [0.5, 0.6) is 0 Å². The number of nitrogens with zero attached hydrogens (tertiary/aromatic N) is 2. The van der Waals surface area contributed by atoms with E-state index in [-0.39, 0.29) is 18.3 Å². The van der Waals surface area contributed by atoms with Crippen LogP contribution in [0.2, 0.25) is 0 Å². The van der Waals surface area contributed by atoms with Crippen LogP contribution in [0.1, 0.15) is 63.8 Å². The molecule has 0 unspecified atom stereocenters. The third-order valence-electron chi connectivity index (χ3n) is 5.52. The maximum atomic E-state index is 12.5. The predicted octanol–water partition coefficient (Wildman–Crippen LogP) is 3.61. The summed E-state index contributed by atoms with van der Waals surface area (Å²) in [5, 5.41) is 0. The number of ether oxygens (including phenoxy) is 1. The summed E-state index contributed by atoms with van der Waals surface area (Å²) in [4.78, 5) is 38.3. The van der Waals surface area contributed by atoms with Crippen molar-refractivity contribution in [3.8, 4) is 0 Å². The van der Waals surface area contributed by atoms with Crippen LogP contribution in [-0.4, -0.2) is 35.4 Å². The van der Waals surface area contributed by atoms with Gasteiger partial charge < -0.3 is 14.2 Å². The molecule has 146 valence electrons. The fraction of sp³-hybridized carbons (Fsp3) is 0.409. The standard InChI is InChI=1S/C22H24N2O4/c1-14-12-19(15(2)24(14)18-9-10-18)20(25)13-28-22(27)16-5-7-17(8-6-16)23-11-3-4-21(23)26/h5-8,12,18H,3-4,9-11,13H2,1-2H3. The van der Waals surface area contributed by atoms with Crippen molar-refractivity contribution in [1.29, 1.82) is 0 Å². The molecule has 2 fully saturated rings. The number of hydrogen-bond donors (Lipinski definition) is 0. The lowest BCUT2D eigenvalue weighted by Gasteiger charge is -2.15. The van der Waals surface area contributed by atoms with Crippen LogP contribution in [0.4, 0.5) is 5.69 Å². The lowest BCUT2D eigenvalue weighted by Crippen LogP contribution is -2.23. The fourth-order valence-electron chi connectivity index (χ4n) is 3.94. The summed E-state index contributed by atoms with van der Waals surface area (Å²) in [6, 6.07) is 9.13. The second-order valence-corrected chi connectivity index (χ2v) is 7.58. The molecule has 1 aromatic heterocycles. The Hall–Kier alpha value is -2.89. The van der Waals surface area contributed by atoms with Gasteiger partial charge in [0, 0.05) is 41.6 Å². The first kappa shape index (κ1) is 18.5. The van der Waals surface area contributed by atoms with E-state index in [4.69, 9.17) is 4.74 Å². The topological polar surface area (TPSA) is 68.6 Å². The molecule has 2 aromatic rings. The number of aromatic nitrogens is 1. The van der Waals surface area contributed by atoms with E-state index in [1.165, 1.54) is 0 Å². The van der Waals surface area contributed by atoms with Crippen molar-refractivity contribution in [3.63, 3.8) is 0 Å². The monoisotopic (exact) mass is 380 g/mol. The Morgan fingerprint density at radius 1 is 1.14 bits per heavy atom. The van der Waals surface area contributed by atoms with Gasteiger partial charge in [0.25, 0.3) is 0 Å². The van der Waals surface area contributed by atoms with Gasteiger partial charge in [0.05, 0.1) is 5.56 Å². The van der Waals surface area contributed by atoms with E-state index in [1.807, 2.05) is 19.9 Å². The first-order valence-corrected chi connectivity index (χ1v) is 9.75. The van der Waals surface area contributed by atoms with Crippen LogP contribution in [0, 0.1) is 13.8 Å². The van der Waals surface area contributed by atoms with Gasteiger partial charge in [-0.15, -0.1) is 0 Å². The van der Waals surface area contributed by atoms with Gasteiger partial charge in [-0.05, 0) is 63.4 Å². The molecule has 0 atom stereocenters. The Kier molecular flexibility index (Phi) is 4.79. The lowest BCUT2D eigenvalue weighted by atomic mass is 10.1. The smallest absolute Gasteiger partial charge is 0.338 e. The molecule has 1 saturated carbocycles. The number of amides is 1. The maximum Gasteiger partial charge on any atom is 0.338 e. The lowest BCUT2D eigenvalue weighted by molar-refractivity contribution is -0.117. The third kappa shape index (κ3) is 3.46. The van der Waals surface area contributed by atoms with Gasteiger partial charge in [-0.25, -0.2) is 4.79 Å². The number of rotatable bonds is 6. The number of ketones is 1. The number of anilines is 1. The minimum absolute atomic E-state index is 0.102. The largest absolute Gasteiger partial charge is 0.454 e. The molecule has 1 aliphatic heterocycles. The second-order valence-electron chi connectivity index (χ2n) is 7.58. The molecule has 0 bridgehead atoms. The van der Waals surface area contributed by atoms with Gasteiger partial charge in [-0.1, -0.05) is 0 Å². The maximum absolute atomic E-state index is 12.5. The van der Waals surface area contributed by atoms with Gasteiger partial charge in [0.1, 0.15) is 0 Å². The number of carbonyl (C=O) groups excluding carboxylic acids is 3. The molecule has 0 spiro atoms. The van der Waals surface area contributed by atoms with Crippen LogP contribution in [0.25, 0.3) is 0 Å². The molecular weight excluding hydrogens is 356 g/mol. The molecule has 1 saturated heterocycles. The summed E-state index contributed by atoms with van der Waals surface area (Å²) in [5.41, 5.74) is 3.79. The molecule has 1 aromatic carbocycles. The van der Waals surface area contributed by atoms with Crippen molar-refractivity contribution in [3.05, 3.63) is 52.8 Å². The molecule has 4 rings (SSSR count). The fourth-order valence-corrected chi connectivity index (χ4v) is 3.94. The van der Waals surface area contributed by atoms with E-state index >= 15 is 0 Å². The van der Waals surface area contributed by atoms with Gasteiger partial charge in [0.2, 0.25) is 11.7 Å². The van der Waals surface area contributed by atoms with Gasteiger partial charge in [0.15, 0.2) is 6.61 Å². The Morgan fingerprint density at radius 2 is 1.86 bits per heavy atom. The highest BCUT2D eigenvalue weighted by Gasteiger charge is 2.28. The Morgan fingerprint density at radius 3 is 2.46 bits per heavy atom. The molecule has 6 heteroatoms.